The molecule has 6 nitrogen and oxygen atoms in total. The molecule has 0 amide bonds. The van der Waals surface area contributed by atoms with Crippen LogP contribution >= 0.6 is 0 Å². The maximum absolute atomic E-state index is 10.9. The minimum absolute atomic E-state index is 0.0395. The zero-order chi connectivity index (χ0) is 20.3. The molecule has 0 aliphatic rings. The number of rotatable bonds is 6. The van der Waals surface area contributed by atoms with Crippen LogP contribution in [0, 0.1) is 0 Å². The highest BCUT2D eigenvalue weighted by atomic mass is 16.5. The number of hydrogen-bond acceptors (Lipinski definition) is 6. The molecule has 0 aliphatic heterocycles. The second-order valence-electron chi connectivity index (χ2n) is 6.05. The molecule has 0 bridgehead atoms. The Balaban J connectivity index is 2.20. The first-order valence-corrected chi connectivity index (χ1v) is 8.73. The lowest BCUT2D eigenvalue weighted by atomic mass is 9.96. The largest absolute Gasteiger partial charge is 0.508 e. The Kier molecular flexibility index (Phi) is 5.49. The van der Waals surface area contributed by atoms with Crippen molar-refractivity contribution in [2.75, 3.05) is 20.8 Å². The van der Waals surface area contributed by atoms with Crippen molar-refractivity contribution in [3.8, 4) is 56.8 Å². The molecule has 0 saturated carbocycles. The molecule has 28 heavy (non-hydrogen) atoms. The quantitative estimate of drug-likeness (QED) is 0.579. The van der Waals surface area contributed by atoms with Crippen LogP contribution in [0.4, 0.5) is 0 Å². The first-order valence-electron chi connectivity index (χ1n) is 8.73. The van der Waals surface area contributed by atoms with E-state index < -0.39 is 0 Å². The van der Waals surface area contributed by atoms with E-state index in [2.05, 4.69) is 0 Å². The van der Waals surface area contributed by atoms with E-state index in [4.69, 9.17) is 14.2 Å². The van der Waals surface area contributed by atoms with Gasteiger partial charge in [0.15, 0.2) is 23.0 Å². The van der Waals surface area contributed by atoms with Crippen LogP contribution in [0.3, 0.4) is 0 Å². The van der Waals surface area contributed by atoms with Gasteiger partial charge in [0.25, 0.3) is 0 Å². The van der Waals surface area contributed by atoms with Crippen molar-refractivity contribution in [2.24, 2.45) is 0 Å². The molecule has 0 aliphatic carbocycles. The van der Waals surface area contributed by atoms with Crippen molar-refractivity contribution in [1.82, 2.24) is 0 Å². The van der Waals surface area contributed by atoms with Crippen LogP contribution in [0.25, 0.3) is 22.3 Å². The lowest BCUT2D eigenvalue weighted by molar-refractivity contribution is 0.318. The SMILES string of the molecule is CCOc1ccc(-c2c(OC)cc(-c3ccc(O)cc3)c(OC)c2O)cc1O. The first-order chi connectivity index (χ1) is 13.5. The third kappa shape index (κ3) is 3.49. The lowest BCUT2D eigenvalue weighted by Gasteiger charge is -2.18. The van der Waals surface area contributed by atoms with Gasteiger partial charge in [0, 0.05) is 5.56 Å². The Labute approximate surface area is 163 Å². The number of aromatic hydroxyl groups is 3. The van der Waals surface area contributed by atoms with Crippen LogP contribution < -0.4 is 14.2 Å². The highest BCUT2D eigenvalue weighted by Gasteiger charge is 2.22. The van der Waals surface area contributed by atoms with Gasteiger partial charge in [-0.25, -0.2) is 0 Å². The molecule has 3 N–H and O–H groups in total. The Bertz CT molecular complexity index is 979. The Morgan fingerprint density at radius 2 is 1.46 bits per heavy atom. The predicted molar refractivity (Wildman–Crippen MR) is 107 cm³/mol. The Morgan fingerprint density at radius 3 is 2.04 bits per heavy atom. The van der Waals surface area contributed by atoms with Gasteiger partial charge in [0.1, 0.15) is 11.5 Å². The van der Waals surface area contributed by atoms with Gasteiger partial charge in [-0.05, 0) is 48.4 Å². The number of benzene rings is 3. The summed E-state index contributed by atoms with van der Waals surface area (Å²) in [6.45, 7) is 2.26. The van der Waals surface area contributed by atoms with Gasteiger partial charge in [0.2, 0.25) is 0 Å². The monoisotopic (exact) mass is 382 g/mol. The molecule has 0 saturated heterocycles. The summed E-state index contributed by atoms with van der Waals surface area (Å²) in [4.78, 5) is 0. The lowest BCUT2D eigenvalue weighted by Crippen LogP contribution is -1.96. The summed E-state index contributed by atoms with van der Waals surface area (Å²) in [6.07, 6.45) is 0. The number of hydrogen-bond donors (Lipinski definition) is 3. The molecule has 0 fully saturated rings. The fourth-order valence-corrected chi connectivity index (χ4v) is 3.08. The summed E-state index contributed by atoms with van der Waals surface area (Å²) in [7, 11) is 2.96. The summed E-state index contributed by atoms with van der Waals surface area (Å²) < 4.78 is 16.3. The summed E-state index contributed by atoms with van der Waals surface area (Å²) in [5.74, 6) is 1.01. The molecular weight excluding hydrogens is 360 g/mol. The minimum Gasteiger partial charge on any atom is -0.508 e. The van der Waals surface area contributed by atoms with E-state index in [0.29, 0.717) is 34.8 Å². The fourth-order valence-electron chi connectivity index (χ4n) is 3.08. The van der Waals surface area contributed by atoms with Gasteiger partial charge < -0.3 is 29.5 Å². The normalized spacial score (nSPS) is 10.5. The predicted octanol–water partition coefficient (Wildman–Crippen LogP) is 4.55. The van der Waals surface area contributed by atoms with E-state index in [1.807, 2.05) is 6.92 Å². The zero-order valence-electron chi connectivity index (χ0n) is 15.9. The highest BCUT2D eigenvalue weighted by molar-refractivity contribution is 5.88. The molecular formula is C22H22O6. The molecule has 3 aromatic carbocycles. The average Bonchev–Trinajstić information content (AvgIpc) is 2.69. The minimum atomic E-state index is -0.117. The van der Waals surface area contributed by atoms with Crippen molar-refractivity contribution in [1.29, 1.82) is 0 Å². The Morgan fingerprint density at radius 1 is 0.786 bits per heavy atom. The van der Waals surface area contributed by atoms with Crippen LogP contribution in [0.5, 0.6) is 34.5 Å². The van der Waals surface area contributed by atoms with Gasteiger partial charge in [0.05, 0.1) is 26.4 Å². The van der Waals surface area contributed by atoms with Gasteiger partial charge in [-0.3, -0.25) is 0 Å². The summed E-state index contributed by atoms with van der Waals surface area (Å²) >= 11 is 0. The van der Waals surface area contributed by atoms with E-state index >= 15 is 0 Å². The number of phenols is 3. The van der Waals surface area contributed by atoms with Crippen molar-refractivity contribution in [3.05, 3.63) is 48.5 Å². The third-order valence-corrected chi connectivity index (χ3v) is 4.37. The molecule has 0 spiro atoms. The first kappa shape index (κ1) is 19.2. The maximum atomic E-state index is 10.9. The van der Waals surface area contributed by atoms with Gasteiger partial charge in [-0.15, -0.1) is 0 Å². The smallest absolute Gasteiger partial charge is 0.170 e. The topological polar surface area (TPSA) is 88.4 Å². The van der Waals surface area contributed by atoms with E-state index in [-0.39, 0.29) is 23.0 Å². The van der Waals surface area contributed by atoms with E-state index in [1.54, 1.807) is 42.5 Å². The fraction of sp³-hybridized carbons (Fsp3) is 0.182. The molecule has 3 rings (SSSR count). The number of phenolic OH excluding ortho intramolecular Hbond substituents is 3. The van der Waals surface area contributed by atoms with E-state index in [9.17, 15) is 15.3 Å². The van der Waals surface area contributed by atoms with Crippen LogP contribution in [-0.4, -0.2) is 36.1 Å². The molecule has 3 aromatic rings. The van der Waals surface area contributed by atoms with Crippen molar-refractivity contribution >= 4 is 0 Å². The maximum Gasteiger partial charge on any atom is 0.170 e. The second kappa shape index (κ2) is 8.00. The number of methoxy groups -OCH3 is 2. The Hall–Kier alpha value is -3.54. The van der Waals surface area contributed by atoms with Crippen LogP contribution in [0.2, 0.25) is 0 Å². The molecule has 6 heteroatoms. The van der Waals surface area contributed by atoms with Gasteiger partial charge >= 0.3 is 0 Å². The van der Waals surface area contributed by atoms with Crippen LogP contribution in [-0.2, 0) is 0 Å². The number of ether oxygens (including phenoxy) is 3. The van der Waals surface area contributed by atoms with E-state index in [0.717, 1.165) is 5.56 Å². The van der Waals surface area contributed by atoms with E-state index in [1.165, 1.54) is 20.3 Å². The summed E-state index contributed by atoms with van der Waals surface area (Å²) in [5.41, 5.74) is 2.28. The van der Waals surface area contributed by atoms with Gasteiger partial charge in [-0.2, -0.15) is 0 Å². The third-order valence-electron chi connectivity index (χ3n) is 4.37. The molecule has 0 atom stereocenters. The van der Waals surface area contributed by atoms with Crippen LogP contribution in [0.15, 0.2) is 48.5 Å². The van der Waals surface area contributed by atoms with Crippen molar-refractivity contribution in [2.45, 2.75) is 6.92 Å². The average molecular weight is 382 g/mol. The zero-order valence-corrected chi connectivity index (χ0v) is 15.9. The second-order valence-corrected chi connectivity index (χ2v) is 6.05. The van der Waals surface area contributed by atoms with Crippen molar-refractivity contribution in [3.63, 3.8) is 0 Å². The molecule has 146 valence electrons. The van der Waals surface area contributed by atoms with Gasteiger partial charge in [-0.1, -0.05) is 18.2 Å². The molecule has 0 unspecified atom stereocenters. The van der Waals surface area contributed by atoms with Crippen LogP contribution in [0.1, 0.15) is 6.92 Å². The molecule has 0 radical (unpaired) electrons. The standard InChI is InChI=1S/C22H22O6/c1-4-28-18-10-7-14(11-17(18)24)20-19(26-2)12-16(22(27-3)21(20)25)13-5-8-15(23)9-6-13/h5-12,23-25H,4H2,1-3H3. The molecule has 0 aromatic heterocycles. The highest BCUT2D eigenvalue weighted by Crippen LogP contribution is 2.50. The summed E-state index contributed by atoms with van der Waals surface area (Å²) in [5, 5.41) is 30.7. The summed E-state index contributed by atoms with van der Waals surface area (Å²) in [6, 6.07) is 13.1. The molecule has 0 heterocycles. The van der Waals surface area contributed by atoms with Crippen molar-refractivity contribution < 1.29 is 29.5 Å².